The number of carbonyl (C=O) groups excluding carboxylic acids is 1. The Hall–Kier alpha value is -2.08. The van der Waals surface area contributed by atoms with Crippen LogP contribution in [0.3, 0.4) is 0 Å². The SMILES string of the molecule is C=CCn1c(CCC2CCCCC2)nnc1SCC(=O)Nc1cc(C)ccc1C. The molecular weight excluding hydrogens is 380 g/mol. The predicted octanol–water partition coefficient (Wildman–Crippen LogP) is 5.32. The molecule has 0 aliphatic heterocycles. The van der Waals surface area contributed by atoms with E-state index in [1.165, 1.54) is 50.3 Å². The summed E-state index contributed by atoms with van der Waals surface area (Å²) in [5.41, 5.74) is 3.07. The second kappa shape index (κ2) is 10.6. The molecule has 29 heavy (non-hydrogen) atoms. The first-order chi connectivity index (χ1) is 14.1. The highest BCUT2D eigenvalue weighted by Crippen LogP contribution is 2.28. The Labute approximate surface area is 178 Å². The Morgan fingerprint density at radius 1 is 1.28 bits per heavy atom. The number of nitrogens with zero attached hydrogens (tertiary/aromatic N) is 3. The van der Waals surface area contributed by atoms with Crippen LogP contribution in [0.2, 0.25) is 0 Å². The largest absolute Gasteiger partial charge is 0.325 e. The molecule has 156 valence electrons. The average Bonchev–Trinajstić information content (AvgIpc) is 3.10. The Bertz CT molecular complexity index is 839. The molecule has 1 aromatic carbocycles. The van der Waals surface area contributed by atoms with Gasteiger partial charge in [-0.25, -0.2) is 0 Å². The fraction of sp³-hybridized carbons (Fsp3) is 0.522. The van der Waals surface area contributed by atoms with Gasteiger partial charge in [0.2, 0.25) is 5.91 Å². The Kier molecular flexibility index (Phi) is 7.92. The maximum absolute atomic E-state index is 12.4. The minimum atomic E-state index is -0.0272. The number of allylic oxidation sites excluding steroid dienone is 1. The number of anilines is 1. The zero-order chi connectivity index (χ0) is 20.6. The van der Waals surface area contributed by atoms with Gasteiger partial charge in [-0.05, 0) is 43.4 Å². The first-order valence-corrected chi connectivity index (χ1v) is 11.6. The Morgan fingerprint density at radius 2 is 2.07 bits per heavy atom. The van der Waals surface area contributed by atoms with Crippen molar-refractivity contribution in [2.45, 2.75) is 70.5 Å². The quantitative estimate of drug-likeness (QED) is 0.447. The highest BCUT2D eigenvalue weighted by atomic mass is 32.2. The molecule has 0 spiro atoms. The van der Waals surface area contributed by atoms with Gasteiger partial charge in [-0.1, -0.05) is 62.1 Å². The van der Waals surface area contributed by atoms with Crippen LogP contribution >= 0.6 is 11.8 Å². The van der Waals surface area contributed by atoms with Gasteiger partial charge in [0, 0.05) is 18.7 Å². The van der Waals surface area contributed by atoms with Crippen molar-refractivity contribution in [3.63, 3.8) is 0 Å². The van der Waals surface area contributed by atoms with E-state index >= 15 is 0 Å². The molecule has 3 rings (SSSR count). The van der Waals surface area contributed by atoms with Crippen LogP contribution in [0.25, 0.3) is 0 Å². The lowest BCUT2D eigenvalue weighted by Crippen LogP contribution is -2.15. The van der Waals surface area contributed by atoms with E-state index < -0.39 is 0 Å². The van der Waals surface area contributed by atoms with Gasteiger partial charge < -0.3 is 9.88 Å². The van der Waals surface area contributed by atoms with Crippen LogP contribution in [0.1, 0.15) is 55.5 Å². The van der Waals surface area contributed by atoms with E-state index in [0.29, 0.717) is 12.3 Å². The number of aromatic nitrogens is 3. The van der Waals surface area contributed by atoms with Gasteiger partial charge in [-0.15, -0.1) is 16.8 Å². The molecule has 1 aliphatic rings. The van der Waals surface area contributed by atoms with Gasteiger partial charge in [-0.3, -0.25) is 4.79 Å². The molecule has 1 N–H and O–H groups in total. The van der Waals surface area contributed by atoms with Crippen molar-refractivity contribution in [1.29, 1.82) is 0 Å². The van der Waals surface area contributed by atoms with Crippen LogP contribution in [0.4, 0.5) is 5.69 Å². The lowest BCUT2D eigenvalue weighted by atomic mass is 9.86. The van der Waals surface area contributed by atoms with Crippen molar-refractivity contribution in [2.75, 3.05) is 11.1 Å². The monoisotopic (exact) mass is 412 g/mol. The molecule has 1 heterocycles. The number of benzene rings is 1. The lowest BCUT2D eigenvalue weighted by Gasteiger charge is -2.21. The molecule has 0 bridgehead atoms. The van der Waals surface area contributed by atoms with Crippen LogP contribution in [0.5, 0.6) is 0 Å². The lowest BCUT2D eigenvalue weighted by molar-refractivity contribution is -0.113. The molecule has 5 nitrogen and oxygen atoms in total. The molecule has 0 unspecified atom stereocenters. The van der Waals surface area contributed by atoms with Crippen LogP contribution in [0, 0.1) is 19.8 Å². The summed E-state index contributed by atoms with van der Waals surface area (Å²) in [4.78, 5) is 12.4. The van der Waals surface area contributed by atoms with Gasteiger partial charge in [0.1, 0.15) is 5.82 Å². The summed E-state index contributed by atoms with van der Waals surface area (Å²) in [7, 11) is 0. The van der Waals surface area contributed by atoms with Crippen LogP contribution in [0.15, 0.2) is 36.0 Å². The van der Waals surface area contributed by atoms with E-state index in [1.807, 2.05) is 38.1 Å². The van der Waals surface area contributed by atoms with Crippen molar-refractivity contribution in [3.8, 4) is 0 Å². The van der Waals surface area contributed by atoms with Gasteiger partial charge in [-0.2, -0.15) is 0 Å². The molecule has 1 fully saturated rings. The average molecular weight is 413 g/mol. The van der Waals surface area contributed by atoms with Gasteiger partial charge in [0.15, 0.2) is 5.16 Å². The van der Waals surface area contributed by atoms with E-state index in [0.717, 1.165) is 40.1 Å². The van der Waals surface area contributed by atoms with E-state index in [1.54, 1.807) is 0 Å². The number of amides is 1. The third kappa shape index (κ3) is 6.20. The Balaban J connectivity index is 1.58. The normalized spacial score (nSPS) is 14.7. The number of rotatable bonds is 9. The number of nitrogens with one attached hydrogen (secondary N) is 1. The molecule has 1 aliphatic carbocycles. The minimum Gasteiger partial charge on any atom is -0.325 e. The standard InChI is InChI=1S/C23H32N4OS/c1-4-14-27-21(13-12-19-8-6-5-7-9-19)25-26-23(27)29-16-22(28)24-20-15-17(2)10-11-18(20)3/h4,10-11,15,19H,1,5-9,12-14,16H2,2-3H3,(H,24,28). The predicted molar refractivity (Wildman–Crippen MR) is 120 cm³/mol. The fourth-order valence-electron chi connectivity index (χ4n) is 3.92. The third-order valence-corrected chi connectivity index (χ3v) is 6.57. The summed E-state index contributed by atoms with van der Waals surface area (Å²) >= 11 is 1.44. The molecule has 1 aromatic heterocycles. The van der Waals surface area contributed by atoms with E-state index in [4.69, 9.17) is 0 Å². The summed E-state index contributed by atoms with van der Waals surface area (Å²) in [6.07, 6.45) is 10.8. The van der Waals surface area contributed by atoms with Gasteiger partial charge >= 0.3 is 0 Å². The third-order valence-electron chi connectivity index (χ3n) is 5.61. The van der Waals surface area contributed by atoms with Crippen molar-refractivity contribution >= 4 is 23.4 Å². The molecular formula is C23H32N4OS. The summed E-state index contributed by atoms with van der Waals surface area (Å²) in [5, 5.41) is 12.6. The maximum atomic E-state index is 12.4. The highest BCUT2D eigenvalue weighted by Gasteiger charge is 2.17. The number of thioether (sulfide) groups is 1. The number of hydrogen-bond donors (Lipinski definition) is 1. The minimum absolute atomic E-state index is 0.0272. The zero-order valence-corrected chi connectivity index (χ0v) is 18.4. The van der Waals surface area contributed by atoms with Crippen LogP contribution in [-0.2, 0) is 17.8 Å². The second-order valence-electron chi connectivity index (χ2n) is 8.00. The first kappa shape index (κ1) is 21.6. The van der Waals surface area contributed by atoms with Crippen LogP contribution in [-0.4, -0.2) is 26.4 Å². The zero-order valence-electron chi connectivity index (χ0n) is 17.6. The molecule has 0 saturated heterocycles. The van der Waals surface area contributed by atoms with Crippen molar-refractivity contribution in [3.05, 3.63) is 47.8 Å². The smallest absolute Gasteiger partial charge is 0.234 e. The van der Waals surface area contributed by atoms with Crippen molar-refractivity contribution in [2.24, 2.45) is 5.92 Å². The second-order valence-corrected chi connectivity index (χ2v) is 8.94. The molecule has 0 radical (unpaired) electrons. The maximum Gasteiger partial charge on any atom is 0.234 e. The van der Waals surface area contributed by atoms with E-state index in [-0.39, 0.29) is 5.91 Å². The van der Waals surface area contributed by atoms with E-state index in [2.05, 4.69) is 26.7 Å². The molecule has 1 saturated carbocycles. The molecule has 1 amide bonds. The summed E-state index contributed by atoms with van der Waals surface area (Å²) in [5.74, 6) is 2.11. The number of hydrogen-bond acceptors (Lipinski definition) is 4. The topological polar surface area (TPSA) is 59.8 Å². The molecule has 0 atom stereocenters. The fourth-order valence-corrected chi connectivity index (χ4v) is 4.69. The van der Waals surface area contributed by atoms with Gasteiger partial charge in [0.05, 0.1) is 5.75 Å². The molecule has 6 heteroatoms. The summed E-state index contributed by atoms with van der Waals surface area (Å²) in [6.45, 7) is 8.57. The summed E-state index contributed by atoms with van der Waals surface area (Å²) < 4.78 is 2.10. The van der Waals surface area contributed by atoms with Crippen LogP contribution < -0.4 is 5.32 Å². The number of aryl methyl sites for hydroxylation is 3. The van der Waals surface area contributed by atoms with Crippen molar-refractivity contribution in [1.82, 2.24) is 14.8 Å². The van der Waals surface area contributed by atoms with E-state index in [9.17, 15) is 4.79 Å². The van der Waals surface area contributed by atoms with Gasteiger partial charge in [0.25, 0.3) is 0 Å². The summed E-state index contributed by atoms with van der Waals surface area (Å²) in [6, 6.07) is 6.07. The highest BCUT2D eigenvalue weighted by molar-refractivity contribution is 7.99. The Morgan fingerprint density at radius 3 is 2.83 bits per heavy atom. The molecule has 2 aromatic rings. The van der Waals surface area contributed by atoms with Crippen molar-refractivity contribution < 1.29 is 4.79 Å². The number of carbonyl (C=O) groups is 1. The first-order valence-electron chi connectivity index (χ1n) is 10.6.